The number of rotatable bonds is 6. The summed E-state index contributed by atoms with van der Waals surface area (Å²) in [5.41, 5.74) is 2.15. The van der Waals surface area contributed by atoms with Crippen LogP contribution in [0.5, 0.6) is 5.75 Å². The molecular formula is C18H24N4O2. The average Bonchev–Trinajstić information content (AvgIpc) is 2.96. The van der Waals surface area contributed by atoms with Gasteiger partial charge >= 0.3 is 0 Å². The maximum atomic E-state index is 12.3. The number of para-hydroxylation sites is 1. The van der Waals surface area contributed by atoms with Gasteiger partial charge in [-0.3, -0.25) is 14.4 Å². The molecule has 1 saturated heterocycles. The van der Waals surface area contributed by atoms with E-state index in [-0.39, 0.29) is 11.9 Å². The molecular weight excluding hydrogens is 304 g/mol. The molecule has 2 aromatic rings. The van der Waals surface area contributed by atoms with E-state index in [4.69, 9.17) is 4.74 Å². The van der Waals surface area contributed by atoms with Crippen LogP contribution in [0, 0.1) is 6.92 Å². The normalized spacial score (nSPS) is 16.5. The summed E-state index contributed by atoms with van der Waals surface area (Å²) in [6, 6.07) is 8.05. The number of nitrogens with zero attached hydrogens (tertiary/aromatic N) is 3. The smallest absolute Gasteiger partial charge is 0.234 e. The second kappa shape index (κ2) is 7.05. The third-order valence-electron chi connectivity index (χ3n) is 4.39. The first-order valence-electron chi connectivity index (χ1n) is 8.22. The van der Waals surface area contributed by atoms with Crippen LogP contribution in [-0.2, 0) is 4.79 Å². The maximum Gasteiger partial charge on any atom is 0.234 e. The predicted molar refractivity (Wildman–Crippen MR) is 92.0 cm³/mol. The second-order valence-electron chi connectivity index (χ2n) is 6.38. The Balaban J connectivity index is 1.48. The highest BCUT2D eigenvalue weighted by atomic mass is 16.5. The Bertz CT molecular complexity index is 707. The van der Waals surface area contributed by atoms with Crippen molar-refractivity contribution in [1.82, 2.24) is 20.0 Å². The van der Waals surface area contributed by atoms with Gasteiger partial charge in [0.05, 0.1) is 31.9 Å². The van der Waals surface area contributed by atoms with Crippen molar-refractivity contribution in [3.05, 3.63) is 47.8 Å². The highest BCUT2D eigenvalue weighted by Crippen LogP contribution is 2.24. The first kappa shape index (κ1) is 16.5. The molecule has 1 aliphatic heterocycles. The van der Waals surface area contributed by atoms with Gasteiger partial charge in [0.1, 0.15) is 5.75 Å². The van der Waals surface area contributed by atoms with E-state index in [9.17, 15) is 4.79 Å². The summed E-state index contributed by atoms with van der Waals surface area (Å²) >= 11 is 0. The van der Waals surface area contributed by atoms with E-state index >= 15 is 0 Å². The molecule has 1 aliphatic rings. The Labute approximate surface area is 142 Å². The summed E-state index contributed by atoms with van der Waals surface area (Å²) < 4.78 is 7.34. The summed E-state index contributed by atoms with van der Waals surface area (Å²) in [7, 11) is 1.64. The third kappa shape index (κ3) is 3.59. The molecule has 1 aromatic heterocycles. The molecule has 6 heteroatoms. The van der Waals surface area contributed by atoms with Crippen LogP contribution >= 0.6 is 0 Å². The topological polar surface area (TPSA) is 59.4 Å². The lowest BCUT2D eigenvalue weighted by Gasteiger charge is -2.38. The van der Waals surface area contributed by atoms with Crippen molar-refractivity contribution in [3.8, 4) is 5.75 Å². The van der Waals surface area contributed by atoms with Crippen LogP contribution < -0.4 is 10.1 Å². The van der Waals surface area contributed by atoms with Gasteiger partial charge in [0, 0.05) is 24.8 Å². The fourth-order valence-electron chi connectivity index (χ4n) is 3.06. The quantitative estimate of drug-likeness (QED) is 0.880. The lowest BCUT2D eigenvalue weighted by atomic mass is 10.1. The van der Waals surface area contributed by atoms with E-state index in [1.807, 2.05) is 55.2 Å². The fourth-order valence-corrected chi connectivity index (χ4v) is 3.06. The standard InChI is InChI=1S/C18H24N4O2/c1-13-8-19-22(9-13)15-10-21(11-15)12-18(23)20-14(2)16-6-4-5-7-17(16)24-3/h4-9,14-15H,10-12H2,1-3H3,(H,20,23)/t14-/m0/s1. The van der Waals surface area contributed by atoms with Crippen molar-refractivity contribution >= 4 is 5.91 Å². The lowest BCUT2D eigenvalue weighted by Crippen LogP contribution is -2.51. The number of hydrogen-bond acceptors (Lipinski definition) is 4. The fraction of sp³-hybridized carbons (Fsp3) is 0.444. The molecule has 1 aromatic carbocycles. The molecule has 6 nitrogen and oxygen atoms in total. The third-order valence-corrected chi connectivity index (χ3v) is 4.39. The zero-order valence-corrected chi connectivity index (χ0v) is 14.4. The highest BCUT2D eigenvalue weighted by molar-refractivity contribution is 5.78. The molecule has 0 spiro atoms. The number of likely N-dealkylation sites (tertiary alicyclic amines) is 1. The van der Waals surface area contributed by atoms with Gasteiger partial charge in [-0.2, -0.15) is 5.10 Å². The first-order valence-corrected chi connectivity index (χ1v) is 8.22. The number of nitrogens with one attached hydrogen (secondary N) is 1. The minimum atomic E-state index is -0.0838. The van der Waals surface area contributed by atoms with Crippen molar-refractivity contribution in [3.63, 3.8) is 0 Å². The molecule has 1 N–H and O–H groups in total. The zero-order chi connectivity index (χ0) is 17.1. The Hall–Kier alpha value is -2.34. The average molecular weight is 328 g/mol. The van der Waals surface area contributed by atoms with E-state index in [0.717, 1.165) is 30.0 Å². The number of aryl methyl sites for hydroxylation is 1. The molecule has 2 heterocycles. The number of carbonyl (C=O) groups excluding carboxylic acids is 1. The molecule has 24 heavy (non-hydrogen) atoms. The largest absolute Gasteiger partial charge is 0.496 e. The van der Waals surface area contributed by atoms with Crippen molar-refractivity contribution in [2.45, 2.75) is 25.9 Å². The van der Waals surface area contributed by atoms with E-state index in [1.165, 1.54) is 0 Å². The second-order valence-corrected chi connectivity index (χ2v) is 6.38. The van der Waals surface area contributed by atoms with Gasteiger partial charge in [-0.1, -0.05) is 18.2 Å². The van der Waals surface area contributed by atoms with Crippen LogP contribution in [0.3, 0.4) is 0 Å². The van der Waals surface area contributed by atoms with Crippen molar-refractivity contribution in [2.24, 2.45) is 0 Å². The van der Waals surface area contributed by atoms with Crippen molar-refractivity contribution in [2.75, 3.05) is 26.7 Å². The molecule has 0 unspecified atom stereocenters. The molecule has 0 saturated carbocycles. The number of carbonyl (C=O) groups is 1. The zero-order valence-electron chi connectivity index (χ0n) is 14.4. The van der Waals surface area contributed by atoms with Gasteiger partial charge < -0.3 is 10.1 Å². The van der Waals surface area contributed by atoms with Crippen LogP contribution in [0.2, 0.25) is 0 Å². The number of hydrogen-bond donors (Lipinski definition) is 1. The SMILES string of the molecule is COc1ccccc1[C@H](C)NC(=O)CN1CC(n2cc(C)cn2)C1. The van der Waals surface area contributed by atoms with Gasteiger partial charge in [0.15, 0.2) is 0 Å². The van der Waals surface area contributed by atoms with Crippen molar-refractivity contribution in [1.29, 1.82) is 0 Å². The summed E-state index contributed by atoms with van der Waals surface area (Å²) in [4.78, 5) is 14.4. The molecule has 0 aliphatic carbocycles. The summed E-state index contributed by atoms with van der Waals surface area (Å²) in [6.07, 6.45) is 3.91. The Morgan fingerprint density at radius 1 is 1.42 bits per heavy atom. The Kier molecular flexibility index (Phi) is 4.85. The molecule has 0 radical (unpaired) electrons. The van der Waals surface area contributed by atoms with Gasteiger partial charge in [0.25, 0.3) is 0 Å². The van der Waals surface area contributed by atoms with Gasteiger partial charge in [-0.15, -0.1) is 0 Å². The van der Waals surface area contributed by atoms with E-state index < -0.39 is 0 Å². The molecule has 1 atom stereocenters. The van der Waals surface area contributed by atoms with Crippen LogP contribution in [-0.4, -0.2) is 47.3 Å². The van der Waals surface area contributed by atoms with Crippen LogP contribution in [0.1, 0.15) is 30.1 Å². The van der Waals surface area contributed by atoms with Crippen LogP contribution in [0.25, 0.3) is 0 Å². The summed E-state index contributed by atoms with van der Waals surface area (Å²) in [5.74, 6) is 0.826. The summed E-state index contributed by atoms with van der Waals surface area (Å²) in [6.45, 7) is 6.14. The number of amides is 1. The summed E-state index contributed by atoms with van der Waals surface area (Å²) in [5, 5.41) is 7.38. The molecule has 128 valence electrons. The van der Waals surface area contributed by atoms with Crippen LogP contribution in [0.4, 0.5) is 0 Å². The maximum absolute atomic E-state index is 12.3. The minimum Gasteiger partial charge on any atom is -0.496 e. The Morgan fingerprint density at radius 3 is 2.83 bits per heavy atom. The minimum absolute atomic E-state index is 0.0310. The highest BCUT2D eigenvalue weighted by Gasteiger charge is 2.30. The van der Waals surface area contributed by atoms with Gasteiger partial charge in [-0.05, 0) is 25.5 Å². The Morgan fingerprint density at radius 2 is 2.17 bits per heavy atom. The van der Waals surface area contributed by atoms with Gasteiger partial charge in [0.2, 0.25) is 5.91 Å². The van der Waals surface area contributed by atoms with Crippen LogP contribution in [0.15, 0.2) is 36.7 Å². The monoisotopic (exact) mass is 328 g/mol. The first-order chi connectivity index (χ1) is 11.6. The lowest BCUT2D eigenvalue weighted by molar-refractivity contribution is -0.124. The number of ether oxygens (including phenoxy) is 1. The number of methoxy groups -OCH3 is 1. The molecule has 1 fully saturated rings. The van der Waals surface area contributed by atoms with Gasteiger partial charge in [-0.25, -0.2) is 0 Å². The molecule has 3 rings (SSSR count). The number of benzene rings is 1. The predicted octanol–water partition coefficient (Wildman–Crippen LogP) is 1.93. The molecule has 0 bridgehead atoms. The van der Waals surface area contributed by atoms with Crippen molar-refractivity contribution < 1.29 is 9.53 Å². The molecule has 1 amide bonds. The van der Waals surface area contributed by atoms with E-state index in [2.05, 4.69) is 15.3 Å². The van der Waals surface area contributed by atoms with E-state index in [0.29, 0.717) is 12.6 Å². The number of aromatic nitrogens is 2. The van der Waals surface area contributed by atoms with E-state index in [1.54, 1.807) is 7.11 Å².